The van der Waals surface area contributed by atoms with Crippen molar-refractivity contribution >= 4 is 21.8 Å². The van der Waals surface area contributed by atoms with Gasteiger partial charge < -0.3 is 5.32 Å². The highest BCUT2D eigenvalue weighted by Crippen LogP contribution is 2.18. The Balaban J connectivity index is 2.96. The summed E-state index contributed by atoms with van der Waals surface area (Å²) in [4.78, 5) is 0.310. The van der Waals surface area contributed by atoms with E-state index in [0.29, 0.717) is 29.4 Å². The fraction of sp³-hybridized carbons (Fsp3) is 0.727. The highest BCUT2D eigenvalue weighted by atomic mass is 32.2. The van der Waals surface area contributed by atoms with Gasteiger partial charge in [-0.1, -0.05) is 0 Å². The second-order valence-corrected chi connectivity index (χ2v) is 6.91. The molecule has 0 saturated heterocycles. The first-order chi connectivity index (χ1) is 8.94. The first-order valence-corrected chi connectivity index (χ1v) is 8.99. The van der Waals surface area contributed by atoms with Gasteiger partial charge in [-0.15, -0.1) is 0 Å². The quantitative estimate of drug-likeness (QED) is 0.678. The number of sulfonamides is 1. The molecule has 110 valence electrons. The third kappa shape index (κ3) is 4.20. The highest BCUT2D eigenvalue weighted by Gasteiger charge is 2.23. The summed E-state index contributed by atoms with van der Waals surface area (Å²) in [7, 11) is -1.61. The summed E-state index contributed by atoms with van der Waals surface area (Å²) in [6, 6.07) is 0. The number of aryl methyl sites for hydroxylation is 1. The zero-order valence-electron chi connectivity index (χ0n) is 11.9. The Bertz CT molecular complexity index is 511. The van der Waals surface area contributed by atoms with Crippen molar-refractivity contribution in [2.24, 2.45) is 0 Å². The van der Waals surface area contributed by atoms with E-state index < -0.39 is 10.0 Å². The molecular weight excluding hydrogens is 284 g/mol. The Morgan fingerprint density at radius 1 is 1.32 bits per heavy atom. The van der Waals surface area contributed by atoms with E-state index in [9.17, 15) is 8.42 Å². The summed E-state index contributed by atoms with van der Waals surface area (Å²) in [6.45, 7) is 5.36. The molecule has 0 aromatic carbocycles. The summed E-state index contributed by atoms with van der Waals surface area (Å²) in [5.41, 5.74) is 1.23. The predicted octanol–water partition coefficient (Wildman–Crippen LogP) is 0.361. The van der Waals surface area contributed by atoms with Gasteiger partial charge in [0.25, 0.3) is 0 Å². The maximum atomic E-state index is 12.2. The Kier molecular flexibility index (Phi) is 6.31. The molecule has 1 rings (SSSR count). The monoisotopic (exact) mass is 306 g/mol. The fourth-order valence-electron chi connectivity index (χ4n) is 1.86. The van der Waals surface area contributed by atoms with Gasteiger partial charge in [0.15, 0.2) is 0 Å². The first-order valence-electron chi connectivity index (χ1n) is 6.11. The molecule has 1 aromatic heterocycles. The molecule has 8 heteroatoms. The Labute approximate surface area is 119 Å². The number of thioether (sulfide) groups is 1. The van der Waals surface area contributed by atoms with Crippen LogP contribution in [0.1, 0.15) is 11.4 Å². The van der Waals surface area contributed by atoms with Crippen molar-refractivity contribution in [2.75, 3.05) is 32.1 Å². The van der Waals surface area contributed by atoms with Crippen LogP contribution in [0.15, 0.2) is 4.90 Å². The molecule has 2 N–H and O–H groups in total. The van der Waals surface area contributed by atoms with Gasteiger partial charge in [0.05, 0.1) is 17.9 Å². The highest BCUT2D eigenvalue weighted by molar-refractivity contribution is 7.98. The number of aromatic nitrogens is 2. The van der Waals surface area contributed by atoms with Crippen LogP contribution in [0.4, 0.5) is 0 Å². The average Bonchev–Trinajstić information content (AvgIpc) is 2.62. The van der Waals surface area contributed by atoms with Crippen molar-refractivity contribution in [3.05, 3.63) is 11.4 Å². The van der Waals surface area contributed by atoms with Gasteiger partial charge >= 0.3 is 0 Å². The minimum atomic E-state index is -3.47. The van der Waals surface area contributed by atoms with Crippen molar-refractivity contribution in [1.82, 2.24) is 19.8 Å². The molecule has 0 bridgehead atoms. The van der Waals surface area contributed by atoms with Crippen molar-refractivity contribution < 1.29 is 8.42 Å². The van der Waals surface area contributed by atoms with Crippen LogP contribution in [0, 0.1) is 13.8 Å². The molecule has 6 nitrogen and oxygen atoms in total. The van der Waals surface area contributed by atoms with E-state index in [1.807, 2.05) is 13.3 Å². The van der Waals surface area contributed by atoms with Crippen LogP contribution >= 0.6 is 11.8 Å². The second-order valence-electron chi connectivity index (χ2n) is 4.22. The molecule has 0 aliphatic heterocycles. The molecule has 0 unspecified atom stereocenters. The van der Waals surface area contributed by atoms with E-state index in [1.54, 1.807) is 30.3 Å². The zero-order valence-corrected chi connectivity index (χ0v) is 13.5. The number of nitrogens with one attached hydrogen (secondary N) is 2. The van der Waals surface area contributed by atoms with Crippen LogP contribution in [0.25, 0.3) is 0 Å². The van der Waals surface area contributed by atoms with Gasteiger partial charge in [-0.2, -0.15) is 16.9 Å². The zero-order chi connectivity index (χ0) is 14.5. The molecule has 0 saturated carbocycles. The lowest BCUT2D eigenvalue weighted by Gasteiger charge is -2.07. The van der Waals surface area contributed by atoms with Crippen molar-refractivity contribution in [3.8, 4) is 0 Å². The van der Waals surface area contributed by atoms with Crippen LogP contribution in [0.2, 0.25) is 0 Å². The Morgan fingerprint density at radius 3 is 2.58 bits per heavy atom. The van der Waals surface area contributed by atoms with E-state index in [1.165, 1.54) is 0 Å². The summed E-state index contributed by atoms with van der Waals surface area (Å²) >= 11 is 1.61. The van der Waals surface area contributed by atoms with Crippen LogP contribution in [0.5, 0.6) is 0 Å². The topological polar surface area (TPSA) is 76.0 Å². The van der Waals surface area contributed by atoms with Gasteiger partial charge in [-0.25, -0.2) is 13.1 Å². The molecule has 0 aliphatic carbocycles. The summed E-state index contributed by atoms with van der Waals surface area (Å²) in [5.74, 6) is 0.755. The van der Waals surface area contributed by atoms with Gasteiger partial charge in [0.1, 0.15) is 4.90 Å². The number of hydrogen-bond acceptors (Lipinski definition) is 5. The van der Waals surface area contributed by atoms with Crippen molar-refractivity contribution in [2.45, 2.75) is 25.3 Å². The normalized spacial score (nSPS) is 12.0. The maximum absolute atomic E-state index is 12.2. The molecule has 0 spiro atoms. The van der Waals surface area contributed by atoms with Crippen molar-refractivity contribution in [1.29, 1.82) is 0 Å². The summed E-state index contributed by atoms with van der Waals surface area (Å²) in [6.07, 6.45) is 1.95. The van der Waals surface area contributed by atoms with Crippen LogP contribution in [-0.4, -0.2) is 50.3 Å². The fourth-order valence-corrected chi connectivity index (χ4v) is 3.73. The molecule has 19 heavy (non-hydrogen) atoms. The number of nitrogens with zero attached hydrogens (tertiary/aromatic N) is 2. The molecule has 1 aromatic rings. The maximum Gasteiger partial charge on any atom is 0.244 e. The largest absolute Gasteiger partial charge is 0.318 e. The molecule has 0 atom stereocenters. The second kappa shape index (κ2) is 7.28. The Morgan fingerprint density at radius 2 is 2.00 bits per heavy atom. The molecule has 0 amide bonds. The summed E-state index contributed by atoms with van der Waals surface area (Å²) < 4.78 is 28.8. The number of likely N-dealkylation sites (N-methyl/N-ethyl adjacent to an activating group) is 1. The lowest BCUT2D eigenvalue weighted by atomic mass is 10.4. The van der Waals surface area contributed by atoms with E-state index in [0.717, 1.165) is 12.3 Å². The molecular formula is C11H22N4O2S2. The molecule has 0 fully saturated rings. The van der Waals surface area contributed by atoms with Crippen molar-refractivity contribution in [3.63, 3.8) is 0 Å². The summed E-state index contributed by atoms with van der Waals surface area (Å²) in [5, 5.41) is 7.32. The standard InChI is InChI=1S/C11H22N4O2S2/c1-9-11(19(16,17)13-6-8-18-4)10(2)15(14-9)7-5-12-3/h12-13H,5-8H2,1-4H3. The van der Waals surface area contributed by atoms with E-state index in [-0.39, 0.29) is 0 Å². The lowest BCUT2D eigenvalue weighted by Crippen LogP contribution is -2.27. The lowest BCUT2D eigenvalue weighted by molar-refractivity contribution is 0.564. The minimum absolute atomic E-state index is 0.310. The van der Waals surface area contributed by atoms with Crippen LogP contribution in [0.3, 0.4) is 0 Å². The minimum Gasteiger partial charge on any atom is -0.318 e. The van der Waals surface area contributed by atoms with Crippen LogP contribution in [-0.2, 0) is 16.6 Å². The third-order valence-corrected chi connectivity index (χ3v) is 5.08. The van der Waals surface area contributed by atoms with Crippen LogP contribution < -0.4 is 10.0 Å². The SMILES string of the molecule is CNCCn1nc(C)c(S(=O)(=O)NCCSC)c1C. The van der Waals surface area contributed by atoms with Gasteiger partial charge in [-0.05, 0) is 27.2 Å². The van der Waals surface area contributed by atoms with E-state index in [4.69, 9.17) is 0 Å². The molecule has 1 heterocycles. The predicted molar refractivity (Wildman–Crippen MR) is 79.2 cm³/mol. The van der Waals surface area contributed by atoms with E-state index in [2.05, 4.69) is 15.1 Å². The molecule has 0 aliphatic rings. The van der Waals surface area contributed by atoms with Gasteiger partial charge in [-0.3, -0.25) is 4.68 Å². The smallest absolute Gasteiger partial charge is 0.244 e. The van der Waals surface area contributed by atoms with Gasteiger partial charge in [0, 0.05) is 18.8 Å². The molecule has 0 radical (unpaired) electrons. The Hall–Kier alpha value is -0.570. The third-order valence-electron chi connectivity index (χ3n) is 2.76. The van der Waals surface area contributed by atoms with E-state index >= 15 is 0 Å². The number of rotatable bonds is 8. The number of hydrogen-bond donors (Lipinski definition) is 2. The first kappa shape index (κ1) is 16.5. The average molecular weight is 306 g/mol. The van der Waals surface area contributed by atoms with Gasteiger partial charge in [0.2, 0.25) is 10.0 Å².